The molecular formula is C29H34N6O. The highest BCUT2D eigenvalue weighted by atomic mass is 16.1. The van der Waals surface area contributed by atoms with Gasteiger partial charge in [-0.25, -0.2) is 4.98 Å². The van der Waals surface area contributed by atoms with E-state index in [4.69, 9.17) is 5.26 Å². The fourth-order valence-electron chi connectivity index (χ4n) is 3.97. The molecule has 0 saturated carbocycles. The van der Waals surface area contributed by atoms with Crippen molar-refractivity contribution in [1.29, 1.82) is 5.26 Å². The molecule has 3 aromatic rings. The monoisotopic (exact) mass is 482 g/mol. The summed E-state index contributed by atoms with van der Waals surface area (Å²) in [6.07, 6.45) is 14.2. The van der Waals surface area contributed by atoms with Crippen molar-refractivity contribution in [2.45, 2.75) is 39.0 Å². The quantitative estimate of drug-likeness (QED) is 0.478. The van der Waals surface area contributed by atoms with Gasteiger partial charge < -0.3 is 10.6 Å². The van der Waals surface area contributed by atoms with Gasteiger partial charge in [0.1, 0.15) is 5.82 Å². The molecule has 0 saturated heterocycles. The van der Waals surface area contributed by atoms with Gasteiger partial charge in [-0.2, -0.15) is 10.4 Å². The fraction of sp³-hybridized carbons (Fsp3) is 0.310. The first-order valence-electron chi connectivity index (χ1n) is 12.2. The lowest BCUT2D eigenvalue weighted by atomic mass is 10.0. The Hall–Kier alpha value is -4.02. The van der Waals surface area contributed by atoms with E-state index in [2.05, 4.69) is 45.9 Å². The minimum Gasteiger partial charge on any atom is -0.319 e. The molecule has 0 bridgehead atoms. The number of nitrogens with zero attached hydrogens (tertiary/aromatic N) is 4. The molecule has 7 nitrogen and oxygen atoms in total. The number of anilines is 1. The van der Waals surface area contributed by atoms with Gasteiger partial charge in [-0.15, -0.1) is 0 Å². The number of hydrogen-bond donors (Lipinski definition) is 2. The maximum atomic E-state index is 12.1. The molecule has 1 atom stereocenters. The van der Waals surface area contributed by atoms with Crippen molar-refractivity contribution in [1.82, 2.24) is 20.1 Å². The van der Waals surface area contributed by atoms with Crippen LogP contribution >= 0.6 is 0 Å². The predicted molar refractivity (Wildman–Crippen MR) is 144 cm³/mol. The van der Waals surface area contributed by atoms with E-state index in [1.54, 1.807) is 10.9 Å². The van der Waals surface area contributed by atoms with E-state index in [0.29, 0.717) is 18.2 Å². The summed E-state index contributed by atoms with van der Waals surface area (Å²) in [7, 11) is 3.83. The van der Waals surface area contributed by atoms with Gasteiger partial charge in [0.05, 0.1) is 24.3 Å². The number of pyridine rings is 1. The number of aryl methyl sites for hydroxylation is 2. The van der Waals surface area contributed by atoms with Crippen LogP contribution in [0.3, 0.4) is 0 Å². The molecule has 0 spiro atoms. The highest BCUT2D eigenvalue weighted by Gasteiger charge is 2.10. The smallest absolute Gasteiger partial charge is 0.229 e. The molecule has 4 rings (SSSR count). The van der Waals surface area contributed by atoms with Gasteiger partial charge in [0.25, 0.3) is 0 Å². The Bertz CT molecular complexity index is 1260. The van der Waals surface area contributed by atoms with Crippen LogP contribution in [0.5, 0.6) is 0 Å². The standard InChI is InChI=1S/C18H20N4O.C11H14N2/c1-13-8-17(19-11-16(13)15-10-20-22(2)12-15)21-18(23)9-14-6-4-3-5-7-14;1-9(8-13-2)11-5-3-10(7-12)4-6-11/h4,6-8,10-12H,3,5,9H2,1-2H3,(H,19,21,23);3-6,9,13H,8H2,1-2H3. The average molecular weight is 483 g/mol. The van der Waals surface area contributed by atoms with Gasteiger partial charge in [0.15, 0.2) is 0 Å². The molecule has 0 aliphatic heterocycles. The predicted octanol–water partition coefficient (Wildman–Crippen LogP) is 5.28. The van der Waals surface area contributed by atoms with Crippen molar-refractivity contribution in [2.24, 2.45) is 7.05 Å². The Morgan fingerprint density at radius 3 is 2.58 bits per heavy atom. The molecule has 1 unspecified atom stereocenters. The van der Waals surface area contributed by atoms with Crippen LogP contribution in [0, 0.1) is 18.3 Å². The van der Waals surface area contributed by atoms with E-state index in [9.17, 15) is 4.79 Å². The zero-order valence-corrected chi connectivity index (χ0v) is 21.5. The van der Waals surface area contributed by atoms with Crippen LogP contribution in [0.25, 0.3) is 11.1 Å². The molecule has 1 aromatic carbocycles. The van der Waals surface area contributed by atoms with Gasteiger partial charge in [-0.1, -0.05) is 37.3 Å². The highest BCUT2D eigenvalue weighted by molar-refractivity contribution is 5.92. The minimum absolute atomic E-state index is 0.0381. The normalized spacial score (nSPS) is 13.1. The second kappa shape index (κ2) is 13.2. The molecule has 36 heavy (non-hydrogen) atoms. The Kier molecular flexibility index (Phi) is 9.73. The lowest BCUT2D eigenvalue weighted by Crippen LogP contribution is -2.14. The first-order chi connectivity index (χ1) is 17.4. The van der Waals surface area contributed by atoms with Gasteiger partial charge in [0.2, 0.25) is 5.91 Å². The summed E-state index contributed by atoms with van der Waals surface area (Å²) in [5.41, 5.74) is 6.16. The van der Waals surface area contributed by atoms with Crippen LogP contribution in [0.2, 0.25) is 0 Å². The zero-order valence-electron chi connectivity index (χ0n) is 21.5. The summed E-state index contributed by atoms with van der Waals surface area (Å²) < 4.78 is 1.76. The van der Waals surface area contributed by atoms with Gasteiger partial charge in [-0.3, -0.25) is 9.48 Å². The molecule has 2 heterocycles. The summed E-state index contributed by atoms with van der Waals surface area (Å²) in [5, 5.41) is 18.8. The Balaban J connectivity index is 0.000000236. The van der Waals surface area contributed by atoms with E-state index < -0.39 is 0 Å². The third-order valence-electron chi connectivity index (χ3n) is 5.95. The highest BCUT2D eigenvalue weighted by Crippen LogP contribution is 2.24. The molecule has 1 aliphatic carbocycles. The number of nitrogens with one attached hydrogen (secondary N) is 2. The van der Waals surface area contributed by atoms with Gasteiger partial charge in [-0.05, 0) is 67.6 Å². The third-order valence-corrected chi connectivity index (χ3v) is 5.95. The second-order valence-corrected chi connectivity index (χ2v) is 8.96. The summed E-state index contributed by atoms with van der Waals surface area (Å²) in [6.45, 7) is 5.13. The molecule has 0 radical (unpaired) electrons. The Morgan fingerprint density at radius 1 is 1.22 bits per heavy atom. The Morgan fingerprint density at radius 2 is 2.00 bits per heavy atom. The zero-order chi connectivity index (χ0) is 25.9. The summed E-state index contributed by atoms with van der Waals surface area (Å²) in [4.78, 5) is 16.5. The lowest BCUT2D eigenvalue weighted by Gasteiger charge is -2.10. The second-order valence-electron chi connectivity index (χ2n) is 8.96. The maximum absolute atomic E-state index is 12.1. The van der Waals surface area contributed by atoms with E-state index in [1.807, 2.05) is 69.8 Å². The summed E-state index contributed by atoms with van der Waals surface area (Å²) >= 11 is 0. The van der Waals surface area contributed by atoms with Crippen molar-refractivity contribution >= 4 is 11.7 Å². The van der Waals surface area contributed by atoms with E-state index in [0.717, 1.165) is 47.2 Å². The van der Waals surface area contributed by atoms with E-state index in [-0.39, 0.29) is 5.91 Å². The molecular weight excluding hydrogens is 448 g/mol. The first kappa shape index (κ1) is 26.6. The van der Waals surface area contributed by atoms with E-state index >= 15 is 0 Å². The minimum atomic E-state index is -0.0381. The van der Waals surface area contributed by atoms with Crippen LogP contribution in [0.4, 0.5) is 5.82 Å². The molecule has 1 amide bonds. The largest absolute Gasteiger partial charge is 0.319 e. The molecule has 186 valence electrons. The number of carbonyl (C=O) groups excluding carboxylic acids is 1. The number of aromatic nitrogens is 3. The molecule has 7 heteroatoms. The summed E-state index contributed by atoms with van der Waals surface area (Å²) in [5.74, 6) is 1.04. The number of amides is 1. The van der Waals surface area contributed by atoms with Crippen molar-refractivity contribution in [3.63, 3.8) is 0 Å². The number of rotatable bonds is 7. The molecule has 2 N–H and O–H groups in total. The average Bonchev–Trinajstić information content (AvgIpc) is 3.31. The molecule has 0 fully saturated rings. The third kappa shape index (κ3) is 7.76. The number of nitriles is 1. The number of benzene rings is 1. The van der Waals surface area contributed by atoms with Crippen LogP contribution in [-0.2, 0) is 11.8 Å². The molecule has 1 aliphatic rings. The van der Waals surface area contributed by atoms with Crippen LogP contribution < -0.4 is 10.6 Å². The first-order valence-corrected chi connectivity index (χ1v) is 12.2. The van der Waals surface area contributed by atoms with Crippen molar-refractivity contribution < 1.29 is 4.79 Å². The van der Waals surface area contributed by atoms with Crippen LogP contribution in [0.1, 0.15) is 48.8 Å². The number of allylic oxidation sites excluding steroid dienone is 3. The topological polar surface area (TPSA) is 95.6 Å². The Labute approximate surface area is 213 Å². The SMILES string of the molecule is CNCC(C)c1ccc(C#N)cc1.Cc1cc(NC(=O)CC2=CCCC=C2)ncc1-c1cnn(C)c1. The maximum Gasteiger partial charge on any atom is 0.229 e. The van der Waals surface area contributed by atoms with Gasteiger partial charge >= 0.3 is 0 Å². The van der Waals surface area contributed by atoms with Crippen LogP contribution in [-0.4, -0.2) is 34.3 Å². The summed E-state index contributed by atoms with van der Waals surface area (Å²) in [6, 6.07) is 11.8. The van der Waals surface area contributed by atoms with Crippen molar-refractivity contribution in [3.8, 4) is 17.2 Å². The molecule has 2 aromatic heterocycles. The number of likely N-dealkylation sites (N-methyl/N-ethyl adjacent to an activating group) is 1. The fourth-order valence-corrected chi connectivity index (χ4v) is 3.97. The lowest BCUT2D eigenvalue weighted by molar-refractivity contribution is -0.115. The number of carbonyl (C=O) groups is 1. The van der Waals surface area contributed by atoms with Crippen molar-refractivity contribution in [2.75, 3.05) is 18.9 Å². The van der Waals surface area contributed by atoms with Crippen LogP contribution in [0.15, 0.2) is 72.7 Å². The van der Waals surface area contributed by atoms with Crippen molar-refractivity contribution in [3.05, 3.63) is 89.4 Å². The van der Waals surface area contributed by atoms with Gasteiger partial charge in [0, 0.05) is 37.1 Å². The number of hydrogen-bond acceptors (Lipinski definition) is 5. The van der Waals surface area contributed by atoms with E-state index in [1.165, 1.54) is 5.56 Å².